The Morgan fingerprint density at radius 1 is 1.00 bits per heavy atom. The minimum atomic E-state index is 0.158. The van der Waals surface area contributed by atoms with Crippen molar-refractivity contribution in [2.75, 3.05) is 19.6 Å². The highest BCUT2D eigenvalue weighted by atomic mass is 16.2. The van der Waals surface area contributed by atoms with Gasteiger partial charge < -0.3 is 4.90 Å². The highest BCUT2D eigenvalue weighted by molar-refractivity contribution is 5.94. The van der Waals surface area contributed by atoms with Gasteiger partial charge >= 0.3 is 0 Å². The molecule has 1 heterocycles. The van der Waals surface area contributed by atoms with E-state index in [0.717, 1.165) is 37.2 Å². The van der Waals surface area contributed by atoms with Crippen molar-refractivity contribution in [2.24, 2.45) is 0 Å². The van der Waals surface area contributed by atoms with Gasteiger partial charge in [0.1, 0.15) is 0 Å². The standard InChI is InChI=1S/C22H28N2O/c1-17-8-7-11-21(14-17)22(25)23-15-18(2)24(19(3)16-23)13-12-20-9-5-4-6-10-20/h4-11,14,18-19H,12-13,15-16H2,1-3H3. The van der Waals surface area contributed by atoms with E-state index in [1.165, 1.54) is 5.56 Å². The molecule has 1 aliphatic heterocycles. The summed E-state index contributed by atoms with van der Waals surface area (Å²) in [4.78, 5) is 17.4. The van der Waals surface area contributed by atoms with Gasteiger partial charge in [0.2, 0.25) is 0 Å². The van der Waals surface area contributed by atoms with Crippen LogP contribution in [0.1, 0.15) is 35.3 Å². The molecule has 2 unspecified atom stereocenters. The van der Waals surface area contributed by atoms with Crippen LogP contribution in [-0.2, 0) is 6.42 Å². The lowest BCUT2D eigenvalue weighted by atomic mass is 10.0. The maximum absolute atomic E-state index is 12.8. The van der Waals surface area contributed by atoms with Crippen LogP contribution in [0.4, 0.5) is 0 Å². The fraction of sp³-hybridized carbons (Fsp3) is 0.409. The first-order valence-electron chi connectivity index (χ1n) is 9.20. The Morgan fingerprint density at radius 2 is 1.68 bits per heavy atom. The van der Waals surface area contributed by atoms with Gasteiger partial charge in [0.05, 0.1) is 0 Å². The molecule has 0 spiro atoms. The molecule has 0 bridgehead atoms. The lowest BCUT2D eigenvalue weighted by Gasteiger charge is -2.44. The molecule has 1 fully saturated rings. The number of hydrogen-bond acceptors (Lipinski definition) is 2. The van der Waals surface area contributed by atoms with Crippen molar-refractivity contribution in [2.45, 2.75) is 39.3 Å². The Hall–Kier alpha value is -2.13. The summed E-state index contributed by atoms with van der Waals surface area (Å²) in [6.07, 6.45) is 1.06. The van der Waals surface area contributed by atoms with Crippen LogP contribution in [0.5, 0.6) is 0 Å². The Bertz CT molecular complexity index is 701. The van der Waals surface area contributed by atoms with Gasteiger partial charge in [-0.1, -0.05) is 48.0 Å². The molecule has 1 amide bonds. The molecule has 0 radical (unpaired) electrons. The Kier molecular flexibility index (Phi) is 5.54. The van der Waals surface area contributed by atoms with Crippen LogP contribution in [0.25, 0.3) is 0 Å². The van der Waals surface area contributed by atoms with Crippen molar-refractivity contribution in [3.05, 3.63) is 71.3 Å². The second-order valence-electron chi connectivity index (χ2n) is 7.25. The summed E-state index contributed by atoms with van der Waals surface area (Å²) in [5.41, 5.74) is 3.31. The summed E-state index contributed by atoms with van der Waals surface area (Å²) in [5, 5.41) is 0. The van der Waals surface area contributed by atoms with E-state index in [2.05, 4.69) is 49.1 Å². The highest BCUT2D eigenvalue weighted by Gasteiger charge is 2.31. The van der Waals surface area contributed by atoms with Crippen molar-refractivity contribution >= 4 is 5.91 Å². The first-order chi connectivity index (χ1) is 12.0. The molecule has 3 rings (SSSR count). The van der Waals surface area contributed by atoms with Crippen molar-refractivity contribution < 1.29 is 4.79 Å². The number of nitrogens with zero attached hydrogens (tertiary/aromatic N) is 2. The monoisotopic (exact) mass is 336 g/mol. The minimum Gasteiger partial charge on any atom is -0.336 e. The smallest absolute Gasteiger partial charge is 0.253 e. The molecular formula is C22H28N2O. The van der Waals surface area contributed by atoms with E-state index in [4.69, 9.17) is 0 Å². The maximum atomic E-state index is 12.8. The number of hydrogen-bond donors (Lipinski definition) is 0. The van der Waals surface area contributed by atoms with E-state index >= 15 is 0 Å². The van der Waals surface area contributed by atoms with Gasteiger partial charge in [-0.05, 0) is 44.9 Å². The summed E-state index contributed by atoms with van der Waals surface area (Å²) in [6, 6.07) is 19.3. The second kappa shape index (κ2) is 7.83. The number of rotatable bonds is 4. The quantitative estimate of drug-likeness (QED) is 0.848. The molecule has 0 saturated carbocycles. The number of carbonyl (C=O) groups is 1. The Morgan fingerprint density at radius 3 is 2.32 bits per heavy atom. The van der Waals surface area contributed by atoms with Crippen molar-refractivity contribution in [3.63, 3.8) is 0 Å². The first-order valence-corrected chi connectivity index (χ1v) is 9.20. The third-order valence-electron chi connectivity index (χ3n) is 5.16. The van der Waals surface area contributed by atoms with E-state index in [1.54, 1.807) is 0 Å². The van der Waals surface area contributed by atoms with Crippen molar-refractivity contribution in [3.8, 4) is 0 Å². The third kappa shape index (κ3) is 4.29. The van der Waals surface area contributed by atoms with Crippen LogP contribution in [0.2, 0.25) is 0 Å². The number of aryl methyl sites for hydroxylation is 1. The fourth-order valence-corrected chi connectivity index (χ4v) is 3.83. The summed E-state index contributed by atoms with van der Waals surface area (Å²) in [5.74, 6) is 0.158. The number of benzene rings is 2. The van der Waals surface area contributed by atoms with Gasteiger partial charge in [-0.2, -0.15) is 0 Å². The molecule has 0 aromatic heterocycles. The second-order valence-corrected chi connectivity index (χ2v) is 7.25. The van der Waals surface area contributed by atoms with E-state index in [-0.39, 0.29) is 5.91 Å². The van der Waals surface area contributed by atoms with Gasteiger partial charge in [-0.25, -0.2) is 0 Å². The zero-order valence-electron chi connectivity index (χ0n) is 15.5. The van der Waals surface area contributed by atoms with Crippen molar-refractivity contribution in [1.82, 2.24) is 9.80 Å². The summed E-state index contributed by atoms with van der Waals surface area (Å²) >= 11 is 0. The fourth-order valence-electron chi connectivity index (χ4n) is 3.83. The Labute approximate surface area is 151 Å². The van der Waals surface area contributed by atoms with Crippen LogP contribution in [0.15, 0.2) is 54.6 Å². The molecule has 132 valence electrons. The zero-order valence-corrected chi connectivity index (χ0v) is 15.5. The topological polar surface area (TPSA) is 23.6 Å². The average molecular weight is 336 g/mol. The molecule has 25 heavy (non-hydrogen) atoms. The molecule has 0 N–H and O–H groups in total. The SMILES string of the molecule is Cc1cccc(C(=O)N2CC(C)N(CCc3ccccc3)C(C)C2)c1. The maximum Gasteiger partial charge on any atom is 0.253 e. The van der Waals surface area contributed by atoms with Crippen LogP contribution < -0.4 is 0 Å². The first kappa shape index (κ1) is 17.7. The molecule has 2 atom stereocenters. The number of carbonyl (C=O) groups excluding carboxylic acids is 1. The molecule has 3 nitrogen and oxygen atoms in total. The summed E-state index contributed by atoms with van der Waals surface area (Å²) in [6.45, 7) is 9.13. The normalized spacial score (nSPS) is 21.3. The predicted octanol–water partition coefficient (Wildman–Crippen LogP) is 3.77. The molecule has 2 aromatic rings. The van der Waals surface area contributed by atoms with Crippen molar-refractivity contribution in [1.29, 1.82) is 0 Å². The number of amides is 1. The van der Waals surface area contributed by atoms with E-state index in [1.807, 2.05) is 36.1 Å². The van der Waals surface area contributed by atoms with Crippen LogP contribution in [0.3, 0.4) is 0 Å². The number of piperazine rings is 1. The van der Waals surface area contributed by atoms with Crippen LogP contribution in [-0.4, -0.2) is 47.4 Å². The lowest BCUT2D eigenvalue weighted by molar-refractivity contribution is 0.0311. The molecule has 1 aliphatic rings. The van der Waals surface area contributed by atoms with Gasteiger partial charge in [-0.3, -0.25) is 9.69 Å². The molecule has 0 aliphatic carbocycles. The van der Waals surface area contributed by atoms with Gasteiger partial charge in [0.15, 0.2) is 0 Å². The minimum absolute atomic E-state index is 0.158. The average Bonchev–Trinajstić information content (AvgIpc) is 2.61. The summed E-state index contributed by atoms with van der Waals surface area (Å²) in [7, 11) is 0. The summed E-state index contributed by atoms with van der Waals surface area (Å²) < 4.78 is 0. The highest BCUT2D eigenvalue weighted by Crippen LogP contribution is 2.19. The van der Waals surface area contributed by atoms with E-state index in [0.29, 0.717) is 12.1 Å². The molecule has 3 heteroatoms. The predicted molar refractivity (Wildman–Crippen MR) is 103 cm³/mol. The Balaban J connectivity index is 1.62. The third-order valence-corrected chi connectivity index (χ3v) is 5.16. The van der Waals surface area contributed by atoms with Gasteiger partial charge in [-0.15, -0.1) is 0 Å². The zero-order chi connectivity index (χ0) is 17.8. The van der Waals surface area contributed by atoms with E-state index < -0.39 is 0 Å². The van der Waals surface area contributed by atoms with Gasteiger partial charge in [0, 0.05) is 37.3 Å². The lowest BCUT2D eigenvalue weighted by Crippen LogP contribution is -2.58. The largest absolute Gasteiger partial charge is 0.336 e. The molecule has 1 saturated heterocycles. The van der Waals surface area contributed by atoms with Crippen LogP contribution in [0, 0.1) is 6.92 Å². The van der Waals surface area contributed by atoms with Gasteiger partial charge in [0.25, 0.3) is 5.91 Å². The van der Waals surface area contributed by atoms with Crippen LogP contribution >= 0.6 is 0 Å². The van der Waals surface area contributed by atoms with E-state index in [9.17, 15) is 4.79 Å². The molecule has 2 aromatic carbocycles. The molecular weight excluding hydrogens is 308 g/mol.